The number of rotatable bonds is 4. The molecule has 1 N–H and O–H groups in total. The number of ether oxygens (including phenoxy) is 1. The van der Waals surface area contributed by atoms with Crippen molar-refractivity contribution in [3.8, 4) is 5.75 Å². The second-order valence-corrected chi connectivity index (χ2v) is 7.23. The number of carbonyl (C=O) groups excluding carboxylic acids is 1. The Morgan fingerprint density at radius 3 is 2.62 bits per heavy atom. The first-order valence-corrected chi connectivity index (χ1v) is 9.60. The highest BCUT2D eigenvalue weighted by Gasteiger charge is 2.24. The first-order chi connectivity index (χ1) is 12.8. The van der Waals surface area contributed by atoms with Gasteiger partial charge in [-0.2, -0.15) is 0 Å². The zero-order valence-electron chi connectivity index (χ0n) is 15.0. The van der Waals surface area contributed by atoms with E-state index in [1.807, 2.05) is 42.5 Å². The van der Waals surface area contributed by atoms with Gasteiger partial charge in [0.1, 0.15) is 5.75 Å². The monoisotopic (exact) mass is 347 g/mol. The summed E-state index contributed by atoms with van der Waals surface area (Å²) in [6.07, 6.45) is 10.6. The lowest BCUT2D eigenvalue weighted by atomic mass is 9.92. The largest absolute Gasteiger partial charge is 0.490 e. The van der Waals surface area contributed by atoms with Gasteiger partial charge in [-0.05, 0) is 73.9 Å². The number of benzene rings is 2. The normalized spacial score (nSPS) is 21.7. The van der Waals surface area contributed by atoms with Crippen molar-refractivity contribution in [1.29, 1.82) is 0 Å². The van der Waals surface area contributed by atoms with Crippen molar-refractivity contribution >= 4 is 12.0 Å². The van der Waals surface area contributed by atoms with Crippen molar-refractivity contribution in [2.45, 2.75) is 50.7 Å². The molecule has 2 aromatic carbocycles. The Morgan fingerprint density at radius 1 is 1.00 bits per heavy atom. The Labute approximate surface area is 155 Å². The van der Waals surface area contributed by atoms with Gasteiger partial charge in [0.2, 0.25) is 0 Å². The molecular formula is C23H25NO2. The number of allylic oxidation sites excluding steroid dienone is 1. The van der Waals surface area contributed by atoms with Crippen LogP contribution in [0.2, 0.25) is 0 Å². The van der Waals surface area contributed by atoms with Crippen molar-refractivity contribution in [2.24, 2.45) is 0 Å². The minimum atomic E-state index is 0.0409. The molecule has 2 aromatic rings. The summed E-state index contributed by atoms with van der Waals surface area (Å²) in [5.74, 6) is 0.973. The molecule has 0 unspecified atom stereocenters. The zero-order valence-corrected chi connectivity index (χ0v) is 15.0. The fourth-order valence-electron chi connectivity index (χ4n) is 3.85. The maximum absolute atomic E-state index is 12.6. The van der Waals surface area contributed by atoms with Crippen LogP contribution in [0, 0.1) is 0 Å². The van der Waals surface area contributed by atoms with E-state index in [0.29, 0.717) is 0 Å². The minimum absolute atomic E-state index is 0.0409. The lowest BCUT2D eigenvalue weighted by molar-refractivity contribution is 0.0894. The van der Waals surface area contributed by atoms with E-state index in [1.165, 1.54) is 11.1 Å². The van der Waals surface area contributed by atoms with Crippen molar-refractivity contribution < 1.29 is 9.53 Å². The maximum atomic E-state index is 12.6. The van der Waals surface area contributed by atoms with E-state index in [1.54, 1.807) is 0 Å². The van der Waals surface area contributed by atoms with Crippen molar-refractivity contribution in [3.63, 3.8) is 0 Å². The summed E-state index contributed by atoms with van der Waals surface area (Å²) in [6, 6.07) is 16.3. The summed E-state index contributed by atoms with van der Waals surface area (Å²) >= 11 is 0. The molecule has 0 bridgehead atoms. The van der Waals surface area contributed by atoms with E-state index in [9.17, 15) is 4.79 Å². The molecule has 3 heteroatoms. The second-order valence-electron chi connectivity index (χ2n) is 7.23. The maximum Gasteiger partial charge on any atom is 0.251 e. The number of amides is 1. The number of para-hydroxylation sites is 1. The Kier molecular flexibility index (Phi) is 5.05. The lowest BCUT2D eigenvalue weighted by Crippen LogP contribution is -2.39. The number of carbonyl (C=O) groups is 1. The van der Waals surface area contributed by atoms with Crippen LogP contribution < -0.4 is 10.1 Å². The number of nitrogens with one attached hydrogen (secondary N) is 1. The number of aryl methyl sites for hydroxylation is 1. The van der Waals surface area contributed by atoms with Gasteiger partial charge < -0.3 is 10.1 Å². The number of hydrogen-bond donors (Lipinski definition) is 1. The fourth-order valence-corrected chi connectivity index (χ4v) is 3.85. The molecule has 4 rings (SSSR count). The Morgan fingerprint density at radius 2 is 1.81 bits per heavy atom. The highest BCUT2D eigenvalue weighted by atomic mass is 16.5. The van der Waals surface area contributed by atoms with E-state index in [4.69, 9.17) is 4.74 Å². The molecule has 1 amide bonds. The van der Waals surface area contributed by atoms with Crippen LogP contribution in [-0.4, -0.2) is 18.1 Å². The average molecular weight is 347 g/mol. The molecule has 2 aliphatic carbocycles. The molecule has 0 atom stereocenters. The van der Waals surface area contributed by atoms with E-state index >= 15 is 0 Å². The van der Waals surface area contributed by atoms with Gasteiger partial charge >= 0.3 is 0 Å². The van der Waals surface area contributed by atoms with E-state index in [2.05, 4.69) is 23.5 Å². The van der Waals surface area contributed by atoms with Gasteiger partial charge in [-0.25, -0.2) is 0 Å². The first kappa shape index (κ1) is 16.9. The summed E-state index contributed by atoms with van der Waals surface area (Å²) in [6.45, 7) is 0. The smallest absolute Gasteiger partial charge is 0.251 e. The third-order valence-corrected chi connectivity index (χ3v) is 5.34. The predicted octanol–water partition coefficient (Wildman–Crippen LogP) is 4.77. The molecule has 0 heterocycles. The highest BCUT2D eigenvalue weighted by molar-refractivity contribution is 5.95. The van der Waals surface area contributed by atoms with Crippen LogP contribution in [0.15, 0.2) is 54.6 Å². The summed E-state index contributed by atoms with van der Waals surface area (Å²) in [7, 11) is 0. The molecule has 0 radical (unpaired) electrons. The van der Waals surface area contributed by atoms with Gasteiger partial charge in [0, 0.05) is 11.6 Å². The van der Waals surface area contributed by atoms with Gasteiger partial charge in [0.05, 0.1) is 6.10 Å². The van der Waals surface area contributed by atoms with Crippen molar-refractivity contribution in [2.75, 3.05) is 0 Å². The minimum Gasteiger partial charge on any atom is -0.490 e. The van der Waals surface area contributed by atoms with E-state index in [0.717, 1.165) is 49.8 Å². The van der Waals surface area contributed by atoms with Crippen LogP contribution in [0.3, 0.4) is 0 Å². The molecule has 1 fully saturated rings. The quantitative estimate of drug-likeness (QED) is 0.865. The standard InChI is InChI=1S/C23H25NO2/c25-23(19-11-10-17-6-4-5-7-18(17)16-19)24-20-12-14-22(15-13-20)26-21-8-2-1-3-9-21/h1-3,5,7-11,16,20,22H,4,6,12-15H2,(H,24,25). The highest BCUT2D eigenvalue weighted by Crippen LogP contribution is 2.25. The van der Waals surface area contributed by atoms with Gasteiger partial charge in [-0.1, -0.05) is 36.4 Å². The molecule has 0 aromatic heterocycles. The fraction of sp³-hybridized carbons (Fsp3) is 0.348. The summed E-state index contributed by atoms with van der Waals surface area (Å²) in [5, 5.41) is 3.21. The van der Waals surface area contributed by atoms with Crippen LogP contribution in [0.1, 0.15) is 53.6 Å². The predicted molar refractivity (Wildman–Crippen MR) is 104 cm³/mol. The van der Waals surface area contributed by atoms with Crippen LogP contribution >= 0.6 is 0 Å². The topological polar surface area (TPSA) is 38.3 Å². The van der Waals surface area contributed by atoms with Crippen LogP contribution in [0.5, 0.6) is 5.75 Å². The van der Waals surface area contributed by atoms with Crippen molar-refractivity contribution in [1.82, 2.24) is 5.32 Å². The third-order valence-electron chi connectivity index (χ3n) is 5.34. The van der Waals surface area contributed by atoms with Crippen LogP contribution in [0.25, 0.3) is 6.08 Å². The van der Waals surface area contributed by atoms with Gasteiger partial charge in [0.25, 0.3) is 5.91 Å². The van der Waals surface area contributed by atoms with Crippen LogP contribution in [-0.2, 0) is 6.42 Å². The van der Waals surface area contributed by atoms with Gasteiger partial charge in [0.15, 0.2) is 0 Å². The number of hydrogen-bond acceptors (Lipinski definition) is 2. The SMILES string of the molecule is O=C(NC1CCC(Oc2ccccc2)CC1)c1ccc2c(c1)C=CCC2. The molecule has 1 saturated carbocycles. The summed E-state index contributed by atoms with van der Waals surface area (Å²) in [4.78, 5) is 12.6. The molecule has 2 aliphatic rings. The Balaban J connectivity index is 1.30. The van der Waals surface area contributed by atoms with Gasteiger partial charge in [-0.3, -0.25) is 4.79 Å². The Hall–Kier alpha value is -2.55. The molecule has 0 saturated heterocycles. The second kappa shape index (κ2) is 7.77. The zero-order chi connectivity index (χ0) is 17.8. The molecule has 3 nitrogen and oxygen atoms in total. The Bertz CT molecular complexity index is 789. The van der Waals surface area contributed by atoms with E-state index in [-0.39, 0.29) is 18.1 Å². The molecule has 0 aliphatic heterocycles. The number of fused-ring (bicyclic) bond motifs is 1. The molecule has 0 spiro atoms. The van der Waals surface area contributed by atoms with Gasteiger partial charge in [-0.15, -0.1) is 0 Å². The lowest BCUT2D eigenvalue weighted by Gasteiger charge is -2.29. The third kappa shape index (κ3) is 3.98. The summed E-state index contributed by atoms with van der Waals surface area (Å²) in [5.41, 5.74) is 3.28. The molecule has 26 heavy (non-hydrogen) atoms. The average Bonchev–Trinajstić information content (AvgIpc) is 2.70. The molecular weight excluding hydrogens is 322 g/mol. The summed E-state index contributed by atoms with van der Waals surface area (Å²) < 4.78 is 6.04. The molecule has 134 valence electrons. The van der Waals surface area contributed by atoms with Crippen LogP contribution in [0.4, 0.5) is 0 Å². The first-order valence-electron chi connectivity index (χ1n) is 9.60. The van der Waals surface area contributed by atoms with E-state index < -0.39 is 0 Å². The van der Waals surface area contributed by atoms with Crippen molar-refractivity contribution in [3.05, 3.63) is 71.3 Å².